The van der Waals surface area contributed by atoms with Gasteiger partial charge in [0.15, 0.2) is 6.29 Å². The number of rotatable bonds is 5. The van der Waals surface area contributed by atoms with Gasteiger partial charge in [-0.1, -0.05) is 6.58 Å². The molecule has 0 heterocycles. The second-order valence-corrected chi connectivity index (χ2v) is 2.74. The Morgan fingerprint density at radius 1 is 1.54 bits per heavy atom. The minimum absolute atomic E-state index is 0.226. The Balaban J connectivity index is 3.85. The molecule has 0 aromatic rings. The molecule has 0 fully saturated rings. The summed E-state index contributed by atoms with van der Waals surface area (Å²) in [6, 6.07) is 0. The number of hydrogen-bond donors (Lipinski definition) is 3. The predicted molar refractivity (Wildman–Crippen MR) is 44.6 cm³/mol. The Morgan fingerprint density at radius 3 is 2.38 bits per heavy atom. The maximum atomic E-state index is 10.8. The Bertz CT molecular complexity index is 187. The summed E-state index contributed by atoms with van der Waals surface area (Å²) in [7, 11) is 0. The van der Waals surface area contributed by atoms with Crippen molar-refractivity contribution in [3.05, 3.63) is 12.2 Å². The molecule has 1 unspecified atom stereocenters. The third-order valence-electron chi connectivity index (χ3n) is 1.43. The molecular weight excluding hydrogens is 176 g/mol. The van der Waals surface area contributed by atoms with Crippen molar-refractivity contribution < 1.29 is 24.9 Å². The van der Waals surface area contributed by atoms with Crippen molar-refractivity contribution >= 4 is 5.97 Å². The van der Waals surface area contributed by atoms with Crippen LogP contribution in [0.2, 0.25) is 0 Å². The molecule has 0 bridgehead atoms. The molecular formula is C8H14O5. The molecule has 76 valence electrons. The van der Waals surface area contributed by atoms with Crippen molar-refractivity contribution in [1.29, 1.82) is 0 Å². The topological polar surface area (TPSA) is 87.0 Å². The van der Waals surface area contributed by atoms with E-state index in [0.717, 1.165) is 0 Å². The van der Waals surface area contributed by atoms with Crippen LogP contribution in [-0.2, 0) is 9.53 Å². The first kappa shape index (κ1) is 12.1. The molecule has 0 amide bonds. The lowest BCUT2D eigenvalue weighted by Gasteiger charge is -2.15. The average molecular weight is 190 g/mol. The van der Waals surface area contributed by atoms with Crippen LogP contribution in [0.5, 0.6) is 0 Å². The van der Waals surface area contributed by atoms with Gasteiger partial charge >= 0.3 is 5.97 Å². The van der Waals surface area contributed by atoms with Crippen LogP contribution in [0.25, 0.3) is 0 Å². The number of carbonyl (C=O) groups is 1. The second-order valence-electron chi connectivity index (χ2n) is 2.74. The summed E-state index contributed by atoms with van der Waals surface area (Å²) >= 11 is 0. The molecule has 0 saturated carbocycles. The summed E-state index contributed by atoms with van der Waals surface area (Å²) in [5.74, 6) is -1.48. The first-order chi connectivity index (χ1) is 5.99. The summed E-state index contributed by atoms with van der Waals surface area (Å²) in [6.45, 7) is 4.13. The summed E-state index contributed by atoms with van der Waals surface area (Å²) in [6.07, 6.45) is -1.69. The fourth-order valence-electron chi connectivity index (χ4n) is 0.539. The van der Waals surface area contributed by atoms with E-state index in [1.54, 1.807) is 0 Å². The van der Waals surface area contributed by atoms with Crippen molar-refractivity contribution in [3.63, 3.8) is 0 Å². The monoisotopic (exact) mass is 190 g/mol. The van der Waals surface area contributed by atoms with Crippen molar-refractivity contribution in [1.82, 2.24) is 0 Å². The van der Waals surface area contributed by atoms with Crippen LogP contribution in [0.3, 0.4) is 0 Å². The van der Waals surface area contributed by atoms with Crippen LogP contribution in [0.4, 0.5) is 0 Å². The lowest BCUT2D eigenvalue weighted by atomic mass is 10.2. The number of aliphatic hydroxyl groups excluding tert-OH is 2. The Kier molecular flexibility index (Phi) is 5.29. The van der Waals surface area contributed by atoms with Gasteiger partial charge in [-0.2, -0.15) is 0 Å². The molecule has 0 spiro atoms. The minimum atomic E-state index is -1.69. The van der Waals surface area contributed by atoms with E-state index in [0.29, 0.717) is 0 Å². The Labute approximate surface area is 76.3 Å². The van der Waals surface area contributed by atoms with Crippen molar-refractivity contribution in [2.75, 3.05) is 13.2 Å². The van der Waals surface area contributed by atoms with Gasteiger partial charge in [0.1, 0.15) is 6.61 Å². The molecule has 1 atom stereocenters. The Morgan fingerprint density at radius 2 is 2.08 bits per heavy atom. The van der Waals surface area contributed by atoms with E-state index in [2.05, 4.69) is 11.3 Å². The van der Waals surface area contributed by atoms with Gasteiger partial charge in [-0.3, -0.25) is 0 Å². The summed E-state index contributed by atoms with van der Waals surface area (Å²) in [5.41, 5.74) is 0.226. The van der Waals surface area contributed by atoms with Gasteiger partial charge in [0, 0.05) is 5.57 Å². The maximum Gasteiger partial charge on any atom is 0.333 e. The highest BCUT2D eigenvalue weighted by Gasteiger charge is 2.17. The molecule has 0 aromatic carbocycles. The molecule has 3 N–H and O–H groups in total. The molecule has 0 radical (unpaired) electrons. The van der Waals surface area contributed by atoms with Crippen LogP contribution in [-0.4, -0.2) is 40.8 Å². The number of carbonyl (C=O) groups excluding carboxylic acids is 1. The molecule has 0 rings (SSSR count). The largest absolute Gasteiger partial charge is 0.462 e. The van der Waals surface area contributed by atoms with Gasteiger partial charge in [-0.25, -0.2) is 4.79 Å². The summed E-state index contributed by atoms with van der Waals surface area (Å²) in [5, 5.41) is 25.9. The first-order valence-electron chi connectivity index (χ1n) is 3.78. The molecule has 5 heteroatoms. The van der Waals surface area contributed by atoms with Gasteiger partial charge in [0.05, 0.1) is 12.5 Å². The molecule has 0 aliphatic carbocycles. The van der Waals surface area contributed by atoms with E-state index in [1.165, 1.54) is 6.92 Å². The molecule has 0 aliphatic heterocycles. The van der Waals surface area contributed by atoms with Gasteiger partial charge in [-0.05, 0) is 6.92 Å². The molecule has 5 nitrogen and oxygen atoms in total. The second kappa shape index (κ2) is 5.69. The third-order valence-corrected chi connectivity index (χ3v) is 1.43. The van der Waals surface area contributed by atoms with E-state index < -0.39 is 24.8 Å². The fourth-order valence-corrected chi connectivity index (χ4v) is 0.539. The van der Waals surface area contributed by atoms with Crippen LogP contribution in [0, 0.1) is 5.92 Å². The first-order valence-corrected chi connectivity index (χ1v) is 3.78. The van der Waals surface area contributed by atoms with E-state index in [1.807, 2.05) is 0 Å². The zero-order chi connectivity index (χ0) is 10.4. The maximum absolute atomic E-state index is 10.8. The lowest BCUT2D eigenvalue weighted by Crippen LogP contribution is -2.29. The van der Waals surface area contributed by atoms with Crippen molar-refractivity contribution in [2.24, 2.45) is 5.92 Å². The van der Waals surface area contributed by atoms with E-state index >= 15 is 0 Å². The zero-order valence-electron chi connectivity index (χ0n) is 7.43. The van der Waals surface area contributed by atoms with E-state index in [-0.39, 0.29) is 12.2 Å². The van der Waals surface area contributed by atoms with Gasteiger partial charge < -0.3 is 20.1 Å². The summed E-state index contributed by atoms with van der Waals surface area (Å²) < 4.78 is 4.60. The van der Waals surface area contributed by atoms with E-state index in [9.17, 15) is 4.79 Å². The van der Waals surface area contributed by atoms with Crippen molar-refractivity contribution in [3.8, 4) is 0 Å². The minimum Gasteiger partial charge on any atom is -0.462 e. The average Bonchev–Trinajstić information content (AvgIpc) is 2.04. The van der Waals surface area contributed by atoms with Crippen LogP contribution in [0.15, 0.2) is 12.2 Å². The lowest BCUT2D eigenvalue weighted by molar-refractivity contribution is -0.150. The molecule has 0 aromatic heterocycles. The highest BCUT2D eigenvalue weighted by atomic mass is 16.5. The Hall–Kier alpha value is -0.910. The smallest absolute Gasteiger partial charge is 0.333 e. The van der Waals surface area contributed by atoms with E-state index in [4.69, 9.17) is 15.3 Å². The molecule has 0 saturated heterocycles. The third kappa shape index (κ3) is 4.62. The number of aliphatic hydroxyl groups is 3. The zero-order valence-corrected chi connectivity index (χ0v) is 7.43. The normalized spacial score (nSPS) is 12.7. The van der Waals surface area contributed by atoms with Crippen LogP contribution < -0.4 is 0 Å². The quantitative estimate of drug-likeness (QED) is 0.295. The van der Waals surface area contributed by atoms with Gasteiger partial charge in [0.25, 0.3) is 0 Å². The highest BCUT2D eigenvalue weighted by molar-refractivity contribution is 5.86. The number of ether oxygens (including phenoxy) is 1. The standard InChI is InChI=1S/C8H14O5/c1-5(2)8(12)13-4-6(3-9)7(10)11/h6-7,9-11H,1,3-4H2,2H3. The van der Waals surface area contributed by atoms with Crippen LogP contribution >= 0.6 is 0 Å². The SMILES string of the molecule is C=C(C)C(=O)OCC(CO)C(O)O. The predicted octanol–water partition coefficient (Wildman–Crippen LogP) is -0.975. The molecule has 0 aliphatic rings. The highest BCUT2D eigenvalue weighted by Crippen LogP contribution is 2.03. The fraction of sp³-hybridized carbons (Fsp3) is 0.625. The summed E-state index contributed by atoms with van der Waals surface area (Å²) in [4.78, 5) is 10.8. The van der Waals surface area contributed by atoms with Crippen molar-refractivity contribution in [2.45, 2.75) is 13.2 Å². The van der Waals surface area contributed by atoms with Gasteiger partial charge in [-0.15, -0.1) is 0 Å². The number of esters is 1. The molecule has 13 heavy (non-hydrogen) atoms. The van der Waals surface area contributed by atoms with Gasteiger partial charge in [0.2, 0.25) is 0 Å². The van der Waals surface area contributed by atoms with Crippen LogP contribution in [0.1, 0.15) is 6.92 Å². The number of hydrogen-bond acceptors (Lipinski definition) is 5.